The zero-order valence-electron chi connectivity index (χ0n) is 9.04. The second kappa shape index (κ2) is 4.90. The number of hydrogen-bond donors (Lipinski definition) is 0. The average Bonchev–Trinajstić information content (AvgIpc) is 2.28. The summed E-state index contributed by atoms with van der Waals surface area (Å²) in [6.45, 7) is 0. The highest BCUT2D eigenvalue weighted by molar-refractivity contribution is 6.30. The van der Waals surface area contributed by atoms with Crippen molar-refractivity contribution in [3.63, 3.8) is 0 Å². The minimum absolute atomic E-state index is 0.242. The molecule has 0 heterocycles. The van der Waals surface area contributed by atoms with Crippen LogP contribution in [0.5, 0.6) is 5.75 Å². The zero-order chi connectivity index (χ0) is 13.2. The Labute approximate surface area is 107 Å². The zero-order valence-corrected chi connectivity index (χ0v) is 9.79. The maximum absolute atomic E-state index is 12.0. The molecule has 0 atom stereocenters. The molecule has 2 aromatic rings. The maximum atomic E-state index is 12.0. The summed E-state index contributed by atoms with van der Waals surface area (Å²) in [7, 11) is 0. The fraction of sp³-hybridized carbons (Fsp3) is 0.0769. The molecule has 5 heteroatoms. The summed E-state index contributed by atoms with van der Waals surface area (Å²) < 4.78 is 39.7. The Hall–Kier alpha value is -1.68. The van der Waals surface area contributed by atoms with Crippen molar-refractivity contribution in [2.45, 2.75) is 6.36 Å². The standard InChI is InChI=1S/C13H8ClF3O/c14-11-3-1-2-10(8-11)9-4-6-12(7-5-9)18-13(15,16)17/h1-8H. The van der Waals surface area contributed by atoms with Crippen LogP contribution in [-0.2, 0) is 0 Å². The number of rotatable bonds is 2. The van der Waals surface area contributed by atoms with Crippen LogP contribution in [0.2, 0.25) is 5.02 Å². The van der Waals surface area contributed by atoms with Crippen LogP contribution in [0.1, 0.15) is 0 Å². The molecule has 2 rings (SSSR count). The van der Waals surface area contributed by atoms with E-state index in [0.717, 1.165) is 11.1 Å². The first-order valence-corrected chi connectivity index (χ1v) is 5.43. The largest absolute Gasteiger partial charge is 0.573 e. The lowest BCUT2D eigenvalue weighted by Gasteiger charge is -2.09. The van der Waals surface area contributed by atoms with E-state index in [4.69, 9.17) is 11.6 Å². The van der Waals surface area contributed by atoms with Gasteiger partial charge in [-0.1, -0.05) is 35.9 Å². The molecule has 0 unspecified atom stereocenters. The molecule has 0 amide bonds. The van der Waals surface area contributed by atoms with E-state index < -0.39 is 6.36 Å². The van der Waals surface area contributed by atoms with E-state index in [2.05, 4.69) is 4.74 Å². The first-order chi connectivity index (χ1) is 8.44. The van der Waals surface area contributed by atoms with Gasteiger partial charge in [-0.2, -0.15) is 0 Å². The Morgan fingerprint density at radius 2 is 1.56 bits per heavy atom. The Bertz CT molecular complexity index is 535. The highest BCUT2D eigenvalue weighted by Crippen LogP contribution is 2.27. The SMILES string of the molecule is FC(F)(F)Oc1ccc(-c2cccc(Cl)c2)cc1. The molecule has 0 spiro atoms. The lowest BCUT2D eigenvalue weighted by atomic mass is 10.1. The summed E-state index contributed by atoms with van der Waals surface area (Å²) in [6, 6.07) is 12.7. The lowest BCUT2D eigenvalue weighted by Crippen LogP contribution is -2.16. The summed E-state index contributed by atoms with van der Waals surface area (Å²) in [6.07, 6.45) is -4.67. The molecular formula is C13H8ClF3O. The summed E-state index contributed by atoms with van der Waals surface area (Å²) in [5.74, 6) is -0.242. The molecule has 1 nitrogen and oxygen atoms in total. The molecule has 0 N–H and O–H groups in total. The van der Waals surface area contributed by atoms with Crippen LogP contribution in [0, 0.1) is 0 Å². The van der Waals surface area contributed by atoms with Gasteiger partial charge in [-0.05, 0) is 35.4 Å². The van der Waals surface area contributed by atoms with Crippen LogP contribution in [0.15, 0.2) is 48.5 Å². The van der Waals surface area contributed by atoms with Gasteiger partial charge in [-0.3, -0.25) is 0 Å². The molecule has 0 bridgehead atoms. The number of benzene rings is 2. The second-order valence-electron chi connectivity index (χ2n) is 3.58. The summed E-state index contributed by atoms with van der Waals surface area (Å²) in [5.41, 5.74) is 1.60. The fourth-order valence-electron chi connectivity index (χ4n) is 1.52. The molecule has 0 aliphatic carbocycles. The molecule has 0 aromatic heterocycles. The monoisotopic (exact) mass is 272 g/mol. The van der Waals surface area contributed by atoms with E-state index in [9.17, 15) is 13.2 Å². The van der Waals surface area contributed by atoms with Crippen molar-refractivity contribution < 1.29 is 17.9 Å². The van der Waals surface area contributed by atoms with Gasteiger partial charge in [0, 0.05) is 5.02 Å². The smallest absolute Gasteiger partial charge is 0.406 e. The minimum atomic E-state index is -4.67. The third-order valence-corrected chi connectivity index (χ3v) is 2.48. The molecule has 0 saturated carbocycles. The van der Waals surface area contributed by atoms with Crippen molar-refractivity contribution in [1.82, 2.24) is 0 Å². The molecule has 18 heavy (non-hydrogen) atoms. The number of halogens is 4. The van der Waals surface area contributed by atoms with Gasteiger partial charge < -0.3 is 4.74 Å². The van der Waals surface area contributed by atoms with Gasteiger partial charge in [0.1, 0.15) is 5.75 Å². The van der Waals surface area contributed by atoms with E-state index in [1.54, 1.807) is 30.3 Å². The predicted molar refractivity (Wildman–Crippen MR) is 63.6 cm³/mol. The van der Waals surface area contributed by atoms with E-state index in [1.807, 2.05) is 6.07 Å². The summed E-state index contributed by atoms with van der Waals surface area (Å²) >= 11 is 5.84. The Balaban J connectivity index is 2.22. The molecule has 0 radical (unpaired) electrons. The van der Waals surface area contributed by atoms with Gasteiger partial charge in [0.2, 0.25) is 0 Å². The molecule has 2 aromatic carbocycles. The fourth-order valence-corrected chi connectivity index (χ4v) is 1.71. The van der Waals surface area contributed by atoms with Crippen molar-refractivity contribution in [3.05, 3.63) is 53.6 Å². The van der Waals surface area contributed by atoms with Crippen LogP contribution in [0.3, 0.4) is 0 Å². The Morgan fingerprint density at radius 3 is 2.11 bits per heavy atom. The van der Waals surface area contributed by atoms with Gasteiger partial charge in [0.25, 0.3) is 0 Å². The number of ether oxygens (including phenoxy) is 1. The van der Waals surface area contributed by atoms with E-state index in [-0.39, 0.29) is 5.75 Å². The second-order valence-corrected chi connectivity index (χ2v) is 4.02. The average molecular weight is 273 g/mol. The molecule has 0 aliphatic heterocycles. The molecule has 0 fully saturated rings. The van der Waals surface area contributed by atoms with Crippen LogP contribution in [0.4, 0.5) is 13.2 Å². The molecule has 94 valence electrons. The van der Waals surface area contributed by atoms with Gasteiger partial charge in [0.05, 0.1) is 0 Å². The van der Waals surface area contributed by atoms with E-state index >= 15 is 0 Å². The van der Waals surface area contributed by atoms with E-state index in [0.29, 0.717) is 5.02 Å². The number of hydrogen-bond acceptors (Lipinski definition) is 1. The third-order valence-electron chi connectivity index (χ3n) is 2.25. The van der Waals surface area contributed by atoms with Gasteiger partial charge in [-0.15, -0.1) is 13.2 Å². The van der Waals surface area contributed by atoms with Gasteiger partial charge in [-0.25, -0.2) is 0 Å². The van der Waals surface area contributed by atoms with Crippen LogP contribution in [0.25, 0.3) is 11.1 Å². The first kappa shape index (κ1) is 12.8. The first-order valence-electron chi connectivity index (χ1n) is 5.06. The maximum Gasteiger partial charge on any atom is 0.573 e. The normalized spacial score (nSPS) is 11.3. The number of alkyl halides is 3. The lowest BCUT2D eigenvalue weighted by molar-refractivity contribution is -0.274. The minimum Gasteiger partial charge on any atom is -0.406 e. The van der Waals surface area contributed by atoms with Crippen LogP contribution >= 0.6 is 11.6 Å². The van der Waals surface area contributed by atoms with Gasteiger partial charge in [0.15, 0.2) is 0 Å². The van der Waals surface area contributed by atoms with Crippen LogP contribution < -0.4 is 4.74 Å². The highest BCUT2D eigenvalue weighted by Gasteiger charge is 2.30. The molecule has 0 saturated heterocycles. The Kier molecular flexibility index (Phi) is 3.48. The van der Waals surface area contributed by atoms with Gasteiger partial charge >= 0.3 is 6.36 Å². The van der Waals surface area contributed by atoms with Crippen molar-refractivity contribution >= 4 is 11.6 Å². The van der Waals surface area contributed by atoms with Crippen molar-refractivity contribution in [2.24, 2.45) is 0 Å². The third kappa shape index (κ3) is 3.40. The quantitative estimate of drug-likeness (QED) is 0.755. The summed E-state index contributed by atoms with van der Waals surface area (Å²) in [5, 5.41) is 0.572. The van der Waals surface area contributed by atoms with Crippen molar-refractivity contribution in [2.75, 3.05) is 0 Å². The van der Waals surface area contributed by atoms with E-state index in [1.165, 1.54) is 12.1 Å². The van der Waals surface area contributed by atoms with Crippen molar-refractivity contribution in [1.29, 1.82) is 0 Å². The summed E-state index contributed by atoms with van der Waals surface area (Å²) in [4.78, 5) is 0. The van der Waals surface area contributed by atoms with Crippen LogP contribution in [-0.4, -0.2) is 6.36 Å². The topological polar surface area (TPSA) is 9.23 Å². The predicted octanol–water partition coefficient (Wildman–Crippen LogP) is 4.91. The molecule has 0 aliphatic rings. The highest BCUT2D eigenvalue weighted by atomic mass is 35.5. The van der Waals surface area contributed by atoms with Crippen molar-refractivity contribution in [3.8, 4) is 16.9 Å². The Morgan fingerprint density at radius 1 is 0.889 bits per heavy atom. The molecular weight excluding hydrogens is 265 g/mol.